The molecule has 1 unspecified atom stereocenters. The molecule has 0 spiro atoms. The fourth-order valence-corrected chi connectivity index (χ4v) is 2.00. The number of hydrogen-bond acceptors (Lipinski definition) is 2. The van der Waals surface area contributed by atoms with Crippen molar-refractivity contribution in [2.24, 2.45) is 5.73 Å². The van der Waals surface area contributed by atoms with Crippen LogP contribution in [0.2, 0.25) is 5.02 Å². The van der Waals surface area contributed by atoms with Gasteiger partial charge in [0.1, 0.15) is 0 Å². The zero-order chi connectivity index (χ0) is 9.26. The predicted molar refractivity (Wildman–Crippen MR) is 55.0 cm³/mol. The van der Waals surface area contributed by atoms with Gasteiger partial charge in [-0.15, -0.1) is 0 Å². The summed E-state index contributed by atoms with van der Waals surface area (Å²) in [6.07, 6.45) is 1.07. The van der Waals surface area contributed by atoms with E-state index < -0.39 is 0 Å². The molecular weight excluding hydrogens is 184 g/mol. The van der Waals surface area contributed by atoms with E-state index in [2.05, 4.69) is 11.4 Å². The molecule has 3 N–H and O–H groups in total. The Kier molecular flexibility index (Phi) is 2.54. The summed E-state index contributed by atoms with van der Waals surface area (Å²) >= 11 is 5.93. The maximum absolute atomic E-state index is 5.93. The van der Waals surface area contributed by atoms with Crippen molar-refractivity contribution >= 4 is 11.6 Å². The second-order valence-electron chi connectivity index (χ2n) is 3.34. The number of hydrogen-bond donors (Lipinski definition) is 2. The van der Waals surface area contributed by atoms with Crippen LogP contribution in [-0.4, -0.2) is 13.1 Å². The SMILES string of the molecule is NCC1NCCc2ccc(Cl)cc21. The molecule has 1 aliphatic rings. The van der Waals surface area contributed by atoms with Gasteiger partial charge >= 0.3 is 0 Å². The standard InChI is InChI=1S/C10H13ClN2/c11-8-2-1-7-3-4-13-10(6-12)9(7)5-8/h1-2,5,10,13H,3-4,6,12H2. The van der Waals surface area contributed by atoms with Crippen molar-refractivity contribution < 1.29 is 0 Å². The topological polar surface area (TPSA) is 38.0 Å². The smallest absolute Gasteiger partial charge is 0.0447 e. The molecule has 1 aromatic rings. The summed E-state index contributed by atoms with van der Waals surface area (Å²) in [6.45, 7) is 1.64. The van der Waals surface area contributed by atoms with Gasteiger partial charge in [0.25, 0.3) is 0 Å². The van der Waals surface area contributed by atoms with Crippen molar-refractivity contribution in [3.8, 4) is 0 Å². The van der Waals surface area contributed by atoms with Gasteiger partial charge in [-0.1, -0.05) is 17.7 Å². The van der Waals surface area contributed by atoms with Crippen LogP contribution in [0.5, 0.6) is 0 Å². The molecule has 13 heavy (non-hydrogen) atoms. The molecule has 2 nitrogen and oxygen atoms in total. The minimum Gasteiger partial charge on any atom is -0.329 e. The van der Waals surface area contributed by atoms with E-state index in [0.717, 1.165) is 18.0 Å². The summed E-state index contributed by atoms with van der Waals surface area (Å²) in [5.74, 6) is 0. The Bertz CT molecular complexity index is 312. The van der Waals surface area contributed by atoms with Crippen molar-refractivity contribution in [1.29, 1.82) is 0 Å². The largest absolute Gasteiger partial charge is 0.329 e. The first-order chi connectivity index (χ1) is 6.31. The van der Waals surface area contributed by atoms with Crippen LogP contribution in [0.25, 0.3) is 0 Å². The molecule has 1 aliphatic heterocycles. The van der Waals surface area contributed by atoms with E-state index >= 15 is 0 Å². The van der Waals surface area contributed by atoms with Gasteiger partial charge in [0.2, 0.25) is 0 Å². The monoisotopic (exact) mass is 196 g/mol. The average molecular weight is 197 g/mol. The predicted octanol–water partition coefficient (Wildman–Crippen LogP) is 1.49. The van der Waals surface area contributed by atoms with Crippen molar-refractivity contribution in [3.63, 3.8) is 0 Å². The van der Waals surface area contributed by atoms with E-state index in [4.69, 9.17) is 17.3 Å². The molecule has 3 heteroatoms. The quantitative estimate of drug-likeness (QED) is 0.714. The number of nitrogens with one attached hydrogen (secondary N) is 1. The van der Waals surface area contributed by atoms with Gasteiger partial charge in [0, 0.05) is 17.6 Å². The highest BCUT2D eigenvalue weighted by Gasteiger charge is 2.17. The van der Waals surface area contributed by atoms with Crippen LogP contribution >= 0.6 is 11.6 Å². The number of fused-ring (bicyclic) bond motifs is 1. The molecule has 2 rings (SSSR count). The van der Waals surface area contributed by atoms with Crippen LogP contribution in [-0.2, 0) is 6.42 Å². The highest BCUT2D eigenvalue weighted by molar-refractivity contribution is 6.30. The van der Waals surface area contributed by atoms with Crippen LogP contribution in [0.4, 0.5) is 0 Å². The van der Waals surface area contributed by atoms with Crippen LogP contribution in [0.1, 0.15) is 17.2 Å². The van der Waals surface area contributed by atoms with E-state index in [9.17, 15) is 0 Å². The first-order valence-corrected chi connectivity index (χ1v) is 4.91. The van der Waals surface area contributed by atoms with E-state index in [0.29, 0.717) is 6.54 Å². The molecule has 1 heterocycles. The lowest BCUT2D eigenvalue weighted by molar-refractivity contribution is 0.513. The van der Waals surface area contributed by atoms with E-state index in [1.165, 1.54) is 11.1 Å². The minimum absolute atomic E-state index is 0.280. The second kappa shape index (κ2) is 3.66. The number of halogens is 1. The van der Waals surface area contributed by atoms with Crippen LogP contribution in [0, 0.1) is 0 Å². The number of rotatable bonds is 1. The van der Waals surface area contributed by atoms with Gasteiger partial charge in [0.05, 0.1) is 0 Å². The van der Waals surface area contributed by atoms with E-state index in [-0.39, 0.29) is 6.04 Å². The Hall–Kier alpha value is -0.570. The Morgan fingerprint density at radius 3 is 3.15 bits per heavy atom. The lowest BCUT2D eigenvalue weighted by Gasteiger charge is -2.25. The van der Waals surface area contributed by atoms with Gasteiger partial charge < -0.3 is 11.1 Å². The Morgan fingerprint density at radius 2 is 2.38 bits per heavy atom. The minimum atomic E-state index is 0.280. The zero-order valence-corrected chi connectivity index (χ0v) is 8.14. The maximum Gasteiger partial charge on any atom is 0.0447 e. The summed E-state index contributed by atoms with van der Waals surface area (Å²) in [5.41, 5.74) is 8.30. The molecule has 0 bridgehead atoms. The molecule has 0 saturated carbocycles. The third kappa shape index (κ3) is 1.70. The van der Waals surface area contributed by atoms with Crippen LogP contribution in [0.3, 0.4) is 0 Å². The van der Waals surface area contributed by atoms with Crippen LogP contribution in [0.15, 0.2) is 18.2 Å². The van der Waals surface area contributed by atoms with Gasteiger partial charge in [-0.05, 0) is 36.2 Å². The molecule has 0 aromatic heterocycles. The van der Waals surface area contributed by atoms with Crippen molar-refractivity contribution in [3.05, 3.63) is 34.3 Å². The Balaban J connectivity index is 2.41. The molecule has 0 aliphatic carbocycles. The number of benzene rings is 1. The molecule has 70 valence electrons. The Morgan fingerprint density at radius 1 is 1.54 bits per heavy atom. The molecule has 0 fully saturated rings. The summed E-state index contributed by atoms with van der Waals surface area (Å²) in [6, 6.07) is 6.34. The first-order valence-electron chi connectivity index (χ1n) is 4.53. The third-order valence-corrected chi connectivity index (χ3v) is 2.74. The highest BCUT2D eigenvalue weighted by atomic mass is 35.5. The lowest BCUT2D eigenvalue weighted by atomic mass is 9.94. The third-order valence-electron chi connectivity index (χ3n) is 2.50. The molecule has 0 radical (unpaired) electrons. The van der Waals surface area contributed by atoms with Crippen molar-refractivity contribution in [2.75, 3.05) is 13.1 Å². The molecule has 0 amide bonds. The van der Waals surface area contributed by atoms with Crippen molar-refractivity contribution in [2.45, 2.75) is 12.5 Å². The first kappa shape index (κ1) is 9.00. The van der Waals surface area contributed by atoms with Crippen LogP contribution < -0.4 is 11.1 Å². The average Bonchev–Trinajstić information content (AvgIpc) is 2.17. The summed E-state index contributed by atoms with van der Waals surface area (Å²) in [5, 5.41) is 4.16. The lowest BCUT2D eigenvalue weighted by Crippen LogP contribution is -2.34. The highest BCUT2D eigenvalue weighted by Crippen LogP contribution is 2.25. The van der Waals surface area contributed by atoms with E-state index in [1.807, 2.05) is 12.1 Å². The Labute approximate surface area is 83.1 Å². The van der Waals surface area contributed by atoms with Gasteiger partial charge in [0.15, 0.2) is 0 Å². The zero-order valence-electron chi connectivity index (χ0n) is 7.39. The summed E-state index contributed by atoms with van der Waals surface area (Å²) in [4.78, 5) is 0. The molecule has 1 atom stereocenters. The number of nitrogens with two attached hydrogens (primary N) is 1. The van der Waals surface area contributed by atoms with Gasteiger partial charge in [-0.25, -0.2) is 0 Å². The fourth-order valence-electron chi connectivity index (χ4n) is 1.82. The normalized spacial score (nSPS) is 21.2. The fraction of sp³-hybridized carbons (Fsp3) is 0.400. The summed E-state index contributed by atoms with van der Waals surface area (Å²) < 4.78 is 0. The van der Waals surface area contributed by atoms with E-state index in [1.54, 1.807) is 0 Å². The van der Waals surface area contributed by atoms with Crippen molar-refractivity contribution in [1.82, 2.24) is 5.32 Å². The van der Waals surface area contributed by atoms with Gasteiger partial charge in [-0.3, -0.25) is 0 Å². The van der Waals surface area contributed by atoms with Gasteiger partial charge in [-0.2, -0.15) is 0 Å². The molecule has 1 aromatic carbocycles. The summed E-state index contributed by atoms with van der Waals surface area (Å²) in [7, 11) is 0. The second-order valence-corrected chi connectivity index (χ2v) is 3.77. The maximum atomic E-state index is 5.93. The molecule has 0 saturated heterocycles. The molecular formula is C10H13ClN2.